The Labute approximate surface area is 172 Å². The Morgan fingerprint density at radius 3 is 2.77 bits per heavy atom. The highest BCUT2D eigenvalue weighted by Gasteiger charge is 2.11. The van der Waals surface area contributed by atoms with Crippen LogP contribution in [0.15, 0.2) is 54.9 Å². The van der Waals surface area contributed by atoms with Crippen LogP contribution in [0.25, 0.3) is 21.8 Å². The van der Waals surface area contributed by atoms with Crippen LogP contribution in [-0.2, 0) is 12.8 Å². The SMILES string of the molecule is Cc1cc2cc(Nc3nc(N)ncc3CCc3c[nH]c4ccc(F)cc34)ccc2[nH]1. The summed E-state index contributed by atoms with van der Waals surface area (Å²) in [5, 5.41) is 5.40. The van der Waals surface area contributed by atoms with Crippen molar-refractivity contribution in [3.05, 3.63) is 77.5 Å². The zero-order valence-corrected chi connectivity index (χ0v) is 16.5. The van der Waals surface area contributed by atoms with Gasteiger partial charge in [0, 0.05) is 51.1 Å². The highest BCUT2D eigenvalue weighted by Crippen LogP contribution is 2.26. The molecule has 0 atom stereocenters. The number of rotatable bonds is 5. The molecule has 5 aromatic rings. The standard InChI is InChI=1S/C23H21FN6/c1-13-8-16-9-18(5-7-20(16)28-13)29-22-15(12-27-23(25)30-22)3-2-14-11-26-21-6-4-17(24)10-19(14)21/h4-12,26,28H,2-3H2,1H3,(H3,25,27,29,30). The van der Waals surface area contributed by atoms with Crippen molar-refractivity contribution in [2.45, 2.75) is 19.8 Å². The molecule has 0 fully saturated rings. The molecule has 0 saturated heterocycles. The van der Waals surface area contributed by atoms with Crippen molar-refractivity contribution in [1.82, 2.24) is 19.9 Å². The Morgan fingerprint density at radius 1 is 1.03 bits per heavy atom. The first kappa shape index (κ1) is 18.2. The van der Waals surface area contributed by atoms with Gasteiger partial charge in [-0.05, 0) is 67.8 Å². The van der Waals surface area contributed by atoms with Gasteiger partial charge in [-0.1, -0.05) is 0 Å². The minimum absolute atomic E-state index is 0.217. The quantitative estimate of drug-likeness (QED) is 0.334. The number of aromatic nitrogens is 4. The van der Waals surface area contributed by atoms with Gasteiger partial charge in [-0.3, -0.25) is 0 Å². The average Bonchev–Trinajstić information content (AvgIpc) is 3.29. The number of benzene rings is 2. The molecule has 3 heterocycles. The van der Waals surface area contributed by atoms with Crippen molar-refractivity contribution in [3.8, 4) is 0 Å². The van der Waals surface area contributed by atoms with E-state index in [1.165, 1.54) is 6.07 Å². The largest absolute Gasteiger partial charge is 0.368 e. The molecule has 0 radical (unpaired) electrons. The number of anilines is 3. The third kappa shape index (κ3) is 3.45. The molecule has 0 aliphatic rings. The van der Waals surface area contributed by atoms with Gasteiger partial charge in [0.15, 0.2) is 0 Å². The molecule has 2 aromatic carbocycles. The summed E-state index contributed by atoms with van der Waals surface area (Å²) < 4.78 is 13.7. The van der Waals surface area contributed by atoms with Crippen LogP contribution in [-0.4, -0.2) is 19.9 Å². The number of aryl methyl sites for hydroxylation is 3. The monoisotopic (exact) mass is 400 g/mol. The lowest BCUT2D eigenvalue weighted by Crippen LogP contribution is -2.05. The van der Waals surface area contributed by atoms with Gasteiger partial charge in [-0.25, -0.2) is 9.37 Å². The number of nitrogens with two attached hydrogens (primary N) is 1. The molecular formula is C23H21FN6. The van der Waals surface area contributed by atoms with Gasteiger partial charge in [0.2, 0.25) is 5.95 Å². The van der Waals surface area contributed by atoms with Crippen molar-refractivity contribution in [3.63, 3.8) is 0 Å². The van der Waals surface area contributed by atoms with E-state index in [0.717, 1.165) is 50.7 Å². The summed E-state index contributed by atoms with van der Waals surface area (Å²) in [6.45, 7) is 2.03. The number of H-pyrrole nitrogens is 2. The van der Waals surface area contributed by atoms with Crippen molar-refractivity contribution < 1.29 is 4.39 Å². The van der Waals surface area contributed by atoms with Crippen LogP contribution in [0.2, 0.25) is 0 Å². The van der Waals surface area contributed by atoms with E-state index in [-0.39, 0.29) is 11.8 Å². The summed E-state index contributed by atoms with van der Waals surface area (Å²) in [5.74, 6) is 0.658. The van der Waals surface area contributed by atoms with E-state index in [1.807, 2.05) is 25.3 Å². The fourth-order valence-electron chi connectivity index (χ4n) is 3.83. The van der Waals surface area contributed by atoms with E-state index in [0.29, 0.717) is 12.2 Å². The van der Waals surface area contributed by atoms with Crippen molar-refractivity contribution in [1.29, 1.82) is 0 Å². The topological polar surface area (TPSA) is 95.4 Å². The average molecular weight is 400 g/mol. The van der Waals surface area contributed by atoms with Crippen LogP contribution in [0.1, 0.15) is 16.8 Å². The number of hydrogen-bond donors (Lipinski definition) is 4. The maximum atomic E-state index is 13.7. The predicted octanol–water partition coefficient (Wildman–Crippen LogP) is 5.00. The zero-order valence-electron chi connectivity index (χ0n) is 16.5. The van der Waals surface area contributed by atoms with Crippen molar-refractivity contribution in [2.75, 3.05) is 11.1 Å². The molecule has 5 rings (SSSR count). The van der Waals surface area contributed by atoms with Gasteiger partial charge in [0.25, 0.3) is 0 Å². The van der Waals surface area contributed by atoms with Crippen LogP contribution in [0, 0.1) is 12.7 Å². The highest BCUT2D eigenvalue weighted by atomic mass is 19.1. The van der Waals surface area contributed by atoms with Crippen LogP contribution in [0.5, 0.6) is 0 Å². The molecule has 3 aromatic heterocycles. The molecule has 0 aliphatic carbocycles. The molecule has 0 bridgehead atoms. The van der Waals surface area contributed by atoms with Crippen LogP contribution >= 0.6 is 0 Å². The first-order chi connectivity index (χ1) is 14.5. The molecule has 5 N–H and O–H groups in total. The molecule has 0 aliphatic heterocycles. The van der Waals surface area contributed by atoms with E-state index < -0.39 is 0 Å². The number of nitrogen functional groups attached to an aromatic ring is 1. The smallest absolute Gasteiger partial charge is 0.221 e. The van der Waals surface area contributed by atoms with E-state index in [9.17, 15) is 4.39 Å². The summed E-state index contributed by atoms with van der Waals surface area (Å²) in [6.07, 6.45) is 5.09. The number of halogens is 1. The minimum Gasteiger partial charge on any atom is -0.368 e. The number of hydrogen-bond acceptors (Lipinski definition) is 4. The second-order valence-electron chi connectivity index (χ2n) is 7.49. The Hall–Kier alpha value is -3.87. The van der Waals surface area contributed by atoms with Crippen LogP contribution in [0.3, 0.4) is 0 Å². The maximum absolute atomic E-state index is 13.7. The summed E-state index contributed by atoms with van der Waals surface area (Å²) >= 11 is 0. The van der Waals surface area contributed by atoms with E-state index in [4.69, 9.17) is 5.73 Å². The van der Waals surface area contributed by atoms with Crippen LogP contribution in [0.4, 0.5) is 21.8 Å². The fraction of sp³-hybridized carbons (Fsp3) is 0.130. The Morgan fingerprint density at radius 2 is 1.87 bits per heavy atom. The molecule has 30 heavy (non-hydrogen) atoms. The van der Waals surface area contributed by atoms with Gasteiger partial charge in [-0.2, -0.15) is 4.98 Å². The second kappa shape index (κ2) is 7.18. The van der Waals surface area contributed by atoms with E-state index in [2.05, 4.69) is 37.4 Å². The molecule has 7 heteroatoms. The highest BCUT2D eigenvalue weighted by molar-refractivity contribution is 5.85. The first-order valence-electron chi connectivity index (χ1n) is 9.78. The molecular weight excluding hydrogens is 379 g/mol. The number of aromatic amines is 2. The van der Waals surface area contributed by atoms with Crippen molar-refractivity contribution >= 4 is 39.3 Å². The normalized spacial score (nSPS) is 11.4. The van der Waals surface area contributed by atoms with E-state index >= 15 is 0 Å². The van der Waals surface area contributed by atoms with Gasteiger partial charge in [0.1, 0.15) is 11.6 Å². The molecule has 150 valence electrons. The Kier molecular flexibility index (Phi) is 4.35. The summed E-state index contributed by atoms with van der Waals surface area (Å²) in [7, 11) is 0. The fourth-order valence-corrected chi connectivity index (χ4v) is 3.83. The first-order valence-corrected chi connectivity index (χ1v) is 9.78. The number of nitrogens with one attached hydrogen (secondary N) is 3. The minimum atomic E-state index is -0.239. The zero-order chi connectivity index (χ0) is 20.7. The van der Waals surface area contributed by atoms with Gasteiger partial charge < -0.3 is 21.0 Å². The van der Waals surface area contributed by atoms with Crippen LogP contribution < -0.4 is 11.1 Å². The maximum Gasteiger partial charge on any atom is 0.221 e. The van der Waals surface area contributed by atoms with Crippen molar-refractivity contribution in [2.24, 2.45) is 0 Å². The van der Waals surface area contributed by atoms with E-state index in [1.54, 1.807) is 18.3 Å². The lowest BCUT2D eigenvalue weighted by atomic mass is 10.0. The number of nitrogens with zero attached hydrogens (tertiary/aromatic N) is 2. The molecule has 0 saturated carbocycles. The lowest BCUT2D eigenvalue weighted by molar-refractivity contribution is 0.629. The predicted molar refractivity (Wildman–Crippen MR) is 118 cm³/mol. The van der Waals surface area contributed by atoms with Gasteiger partial charge >= 0.3 is 0 Å². The molecule has 0 unspecified atom stereocenters. The Balaban J connectivity index is 1.42. The third-order valence-corrected chi connectivity index (χ3v) is 5.29. The Bertz CT molecular complexity index is 1370. The molecule has 0 amide bonds. The third-order valence-electron chi connectivity index (χ3n) is 5.29. The summed E-state index contributed by atoms with van der Waals surface area (Å²) in [4.78, 5) is 15.1. The lowest BCUT2D eigenvalue weighted by Gasteiger charge is -2.11. The summed E-state index contributed by atoms with van der Waals surface area (Å²) in [6, 6.07) is 13.0. The van der Waals surface area contributed by atoms with Gasteiger partial charge in [0.05, 0.1) is 0 Å². The second-order valence-corrected chi connectivity index (χ2v) is 7.49. The molecule has 0 spiro atoms. The molecule has 6 nitrogen and oxygen atoms in total. The number of fused-ring (bicyclic) bond motifs is 2. The van der Waals surface area contributed by atoms with Gasteiger partial charge in [-0.15, -0.1) is 0 Å². The summed E-state index contributed by atoms with van der Waals surface area (Å²) in [5.41, 5.74) is 11.9.